The summed E-state index contributed by atoms with van der Waals surface area (Å²) in [7, 11) is 1.38. The van der Waals surface area contributed by atoms with Crippen molar-refractivity contribution in [1.29, 1.82) is 0 Å². The lowest BCUT2D eigenvalue weighted by molar-refractivity contribution is 0.0601. The molecule has 0 spiro atoms. The van der Waals surface area contributed by atoms with Gasteiger partial charge in [0.2, 0.25) is 0 Å². The number of nitrogens with two attached hydrogens (primary N) is 1. The highest BCUT2D eigenvalue weighted by molar-refractivity contribution is 5.99. The maximum Gasteiger partial charge on any atom is 0.340 e. The molecule has 0 amide bonds. The first-order valence-electron chi connectivity index (χ1n) is 6.93. The van der Waals surface area contributed by atoms with Gasteiger partial charge in [-0.1, -0.05) is 36.4 Å². The second kappa shape index (κ2) is 6.79. The SMILES string of the molecule is CCN(Cc1ccccc1)c1c(N)cccc1C(=O)OC. The molecule has 0 saturated heterocycles. The van der Waals surface area contributed by atoms with E-state index >= 15 is 0 Å². The average molecular weight is 284 g/mol. The summed E-state index contributed by atoms with van der Waals surface area (Å²) in [6.07, 6.45) is 0. The smallest absolute Gasteiger partial charge is 0.340 e. The van der Waals surface area contributed by atoms with Gasteiger partial charge in [0, 0.05) is 13.1 Å². The molecule has 0 heterocycles. The number of para-hydroxylation sites is 1. The van der Waals surface area contributed by atoms with Crippen LogP contribution in [0.25, 0.3) is 0 Å². The molecule has 4 nitrogen and oxygen atoms in total. The van der Waals surface area contributed by atoms with E-state index in [0.717, 1.165) is 12.2 Å². The van der Waals surface area contributed by atoms with Gasteiger partial charge in [0.05, 0.1) is 24.0 Å². The van der Waals surface area contributed by atoms with E-state index < -0.39 is 0 Å². The predicted octanol–water partition coefficient (Wildman–Crippen LogP) is 3.08. The molecule has 2 aromatic carbocycles. The Morgan fingerprint density at radius 3 is 2.48 bits per heavy atom. The highest BCUT2D eigenvalue weighted by Crippen LogP contribution is 2.29. The average Bonchev–Trinajstić information content (AvgIpc) is 2.53. The van der Waals surface area contributed by atoms with Crippen LogP contribution >= 0.6 is 0 Å². The van der Waals surface area contributed by atoms with Crippen molar-refractivity contribution >= 4 is 17.3 Å². The number of hydrogen-bond acceptors (Lipinski definition) is 4. The number of hydrogen-bond donors (Lipinski definition) is 1. The third-order valence-corrected chi connectivity index (χ3v) is 3.39. The maximum atomic E-state index is 12.0. The molecule has 2 rings (SSSR count). The molecule has 0 atom stereocenters. The largest absolute Gasteiger partial charge is 0.465 e. The van der Waals surface area contributed by atoms with Gasteiger partial charge >= 0.3 is 5.97 Å². The summed E-state index contributed by atoms with van der Waals surface area (Å²) in [5.74, 6) is -0.371. The number of ether oxygens (including phenoxy) is 1. The predicted molar refractivity (Wildman–Crippen MR) is 85.4 cm³/mol. The van der Waals surface area contributed by atoms with Gasteiger partial charge in [0.15, 0.2) is 0 Å². The van der Waals surface area contributed by atoms with Gasteiger partial charge in [0.25, 0.3) is 0 Å². The molecular formula is C17H20N2O2. The topological polar surface area (TPSA) is 55.6 Å². The molecule has 21 heavy (non-hydrogen) atoms. The molecule has 0 saturated carbocycles. The first-order chi connectivity index (χ1) is 10.2. The van der Waals surface area contributed by atoms with Crippen molar-refractivity contribution in [2.24, 2.45) is 0 Å². The maximum absolute atomic E-state index is 12.0. The number of nitrogens with zero attached hydrogens (tertiary/aromatic N) is 1. The molecule has 110 valence electrons. The van der Waals surface area contributed by atoms with Gasteiger partial charge in [0.1, 0.15) is 0 Å². The van der Waals surface area contributed by atoms with E-state index in [1.165, 1.54) is 12.7 Å². The molecule has 0 aliphatic heterocycles. The number of benzene rings is 2. The molecular weight excluding hydrogens is 264 g/mol. The van der Waals surface area contributed by atoms with Gasteiger partial charge < -0.3 is 15.4 Å². The third kappa shape index (κ3) is 3.34. The van der Waals surface area contributed by atoms with E-state index in [9.17, 15) is 4.79 Å². The molecule has 2 aromatic rings. The Balaban J connectivity index is 2.40. The standard InChI is InChI=1S/C17H20N2O2/c1-3-19(12-13-8-5-4-6-9-13)16-14(17(20)21-2)10-7-11-15(16)18/h4-11H,3,12,18H2,1-2H3. The minimum atomic E-state index is -0.371. The van der Waals surface area contributed by atoms with Gasteiger partial charge in [-0.25, -0.2) is 4.79 Å². The molecule has 0 fully saturated rings. The normalized spacial score (nSPS) is 10.2. The lowest BCUT2D eigenvalue weighted by Crippen LogP contribution is -2.25. The molecule has 0 unspecified atom stereocenters. The molecule has 0 radical (unpaired) electrons. The highest BCUT2D eigenvalue weighted by Gasteiger charge is 2.19. The Morgan fingerprint density at radius 1 is 1.14 bits per heavy atom. The number of esters is 1. The fraction of sp³-hybridized carbons (Fsp3) is 0.235. The van der Waals surface area contributed by atoms with Crippen LogP contribution < -0.4 is 10.6 Å². The number of carbonyl (C=O) groups excluding carboxylic acids is 1. The van der Waals surface area contributed by atoms with Crippen molar-refractivity contribution in [1.82, 2.24) is 0 Å². The number of methoxy groups -OCH3 is 1. The second-order valence-corrected chi connectivity index (χ2v) is 4.73. The Bertz CT molecular complexity index is 611. The zero-order valence-corrected chi connectivity index (χ0v) is 12.4. The van der Waals surface area contributed by atoms with E-state index in [-0.39, 0.29) is 5.97 Å². The van der Waals surface area contributed by atoms with E-state index in [0.29, 0.717) is 17.8 Å². The van der Waals surface area contributed by atoms with Gasteiger partial charge in [-0.15, -0.1) is 0 Å². The van der Waals surface area contributed by atoms with E-state index in [1.807, 2.05) is 25.1 Å². The van der Waals surface area contributed by atoms with Crippen LogP contribution in [0.15, 0.2) is 48.5 Å². The Hall–Kier alpha value is -2.49. The number of rotatable bonds is 5. The number of nitrogen functional groups attached to an aromatic ring is 1. The first kappa shape index (κ1) is 14.9. The summed E-state index contributed by atoms with van der Waals surface area (Å²) in [6, 6.07) is 15.4. The van der Waals surface area contributed by atoms with Crippen LogP contribution in [0.5, 0.6) is 0 Å². The Kier molecular flexibility index (Phi) is 4.82. The number of anilines is 2. The lowest BCUT2D eigenvalue weighted by atomic mass is 10.1. The fourth-order valence-corrected chi connectivity index (χ4v) is 2.34. The Labute approximate surface area is 125 Å². The van der Waals surface area contributed by atoms with Crippen molar-refractivity contribution in [2.75, 3.05) is 24.3 Å². The van der Waals surface area contributed by atoms with Crippen LogP contribution in [-0.4, -0.2) is 19.6 Å². The minimum absolute atomic E-state index is 0.371. The summed E-state index contributed by atoms with van der Waals surface area (Å²) in [4.78, 5) is 14.0. The van der Waals surface area contributed by atoms with E-state index in [4.69, 9.17) is 10.5 Å². The van der Waals surface area contributed by atoms with Crippen molar-refractivity contribution in [3.05, 3.63) is 59.7 Å². The molecule has 0 aromatic heterocycles. The summed E-state index contributed by atoms with van der Waals surface area (Å²) >= 11 is 0. The van der Waals surface area contributed by atoms with Gasteiger partial charge in [-0.05, 0) is 24.6 Å². The van der Waals surface area contributed by atoms with Crippen LogP contribution in [0, 0.1) is 0 Å². The molecule has 0 bridgehead atoms. The van der Waals surface area contributed by atoms with E-state index in [2.05, 4.69) is 17.0 Å². The monoisotopic (exact) mass is 284 g/mol. The molecule has 0 aliphatic rings. The van der Waals surface area contributed by atoms with Gasteiger partial charge in [-0.3, -0.25) is 0 Å². The van der Waals surface area contributed by atoms with Crippen molar-refractivity contribution in [2.45, 2.75) is 13.5 Å². The van der Waals surface area contributed by atoms with Crippen LogP contribution in [0.2, 0.25) is 0 Å². The fourth-order valence-electron chi connectivity index (χ4n) is 2.34. The van der Waals surface area contributed by atoms with Crippen molar-refractivity contribution < 1.29 is 9.53 Å². The summed E-state index contributed by atoms with van der Waals surface area (Å²) < 4.78 is 4.86. The zero-order valence-electron chi connectivity index (χ0n) is 12.4. The van der Waals surface area contributed by atoms with Crippen molar-refractivity contribution in [3.8, 4) is 0 Å². The molecule has 4 heteroatoms. The minimum Gasteiger partial charge on any atom is -0.465 e. The summed E-state index contributed by atoms with van der Waals surface area (Å²) in [5, 5.41) is 0. The molecule has 0 aliphatic carbocycles. The Morgan fingerprint density at radius 2 is 1.86 bits per heavy atom. The van der Waals surface area contributed by atoms with Gasteiger partial charge in [-0.2, -0.15) is 0 Å². The second-order valence-electron chi connectivity index (χ2n) is 4.73. The quantitative estimate of drug-likeness (QED) is 0.677. The van der Waals surface area contributed by atoms with Crippen LogP contribution in [0.3, 0.4) is 0 Å². The third-order valence-electron chi connectivity index (χ3n) is 3.39. The van der Waals surface area contributed by atoms with Crippen LogP contribution in [0.1, 0.15) is 22.8 Å². The zero-order chi connectivity index (χ0) is 15.2. The van der Waals surface area contributed by atoms with Crippen LogP contribution in [0.4, 0.5) is 11.4 Å². The summed E-state index contributed by atoms with van der Waals surface area (Å²) in [5.41, 5.74) is 9.07. The molecule has 2 N–H and O–H groups in total. The van der Waals surface area contributed by atoms with Crippen LogP contribution in [-0.2, 0) is 11.3 Å². The van der Waals surface area contributed by atoms with E-state index in [1.54, 1.807) is 18.2 Å². The van der Waals surface area contributed by atoms with Crippen molar-refractivity contribution in [3.63, 3.8) is 0 Å². The summed E-state index contributed by atoms with van der Waals surface area (Å²) in [6.45, 7) is 3.47. The first-order valence-corrected chi connectivity index (χ1v) is 6.93. The number of carbonyl (C=O) groups is 1. The lowest BCUT2D eigenvalue weighted by Gasteiger charge is -2.26. The highest BCUT2D eigenvalue weighted by atomic mass is 16.5.